The highest BCUT2D eigenvalue weighted by Gasteiger charge is 2.41. The average molecular weight is 921 g/mol. The summed E-state index contributed by atoms with van der Waals surface area (Å²) in [5, 5.41) is 8.85. The highest BCUT2D eigenvalue weighted by molar-refractivity contribution is 6.14. The molecule has 10 aliphatic rings. The Morgan fingerprint density at radius 3 is 1.88 bits per heavy atom. The van der Waals surface area contributed by atoms with E-state index < -0.39 is 0 Å². The van der Waals surface area contributed by atoms with Gasteiger partial charge in [0.15, 0.2) is 0 Å². The van der Waals surface area contributed by atoms with Crippen molar-refractivity contribution in [1.29, 1.82) is 0 Å². The fourth-order valence-electron chi connectivity index (χ4n) is 16.8. The third-order valence-corrected chi connectivity index (χ3v) is 19.6. The van der Waals surface area contributed by atoms with Gasteiger partial charge < -0.3 is 0 Å². The SMILES string of the molecule is C1=CC(c2cc3c4c(c5c6c(cc(C7=C8c9ccccc9CC8CC=C7)cc6c4c2)=CC(C2C=CC=C4Cc6ccccc6C42)C5)CC(C2=C4c5ccccc5CC4CC=C2)C=3)C2C(=C1)Cc1ccccc12. The molecule has 7 aromatic carbocycles. The van der Waals surface area contributed by atoms with Crippen LogP contribution in [0.3, 0.4) is 0 Å². The molecular weight excluding hydrogens is 865 g/mol. The second kappa shape index (κ2) is 15.1. The van der Waals surface area contributed by atoms with Gasteiger partial charge in [0.1, 0.15) is 0 Å². The van der Waals surface area contributed by atoms with Crippen molar-refractivity contribution in [2.75, 3.05) is 0 Å². The largest absolute Gasteiger partial charge is 0.0836 e. The Morgan fingerprint density at radius 2 is 1.10 bits per heavy atom. The van der Waals surface area contributed by atoms with Crippen LogP contribution in [-0.4, -0.2) is 0 Å². The molecule has 0 saturated heterocycles. The first-order chi connectivity index (χ1) is 35.7. The summed E-state index contributed by atoms with van der Waals surface area (Å²) in [5.74, 6) is 3.22. The second-order valence-corrected chi connectivity index (χ2v) is 23.1. The third-order valence-electron chi connectivity index (χ3n) is 19.6. The molecule has 0 aliphatic heterocycles. The first-order valence-electron chi connectivity index (χ1n) is 27.3. The Balaban J connectivity index is 0.952. The smallest absolute Gasteiger partial charge is 0.0161 e. The summed E-state index contributed by atoms with van der Waals surface area (Å²) in [6.45, 7) is 0. The lowest BCUT2D eigenvalue weighted by molar-refractivity contribution is 0.441. The average Bonchev–Trinajstić information content (AvgIpc) is 4.22. The van der Waals surface area contributed by atoms with Crippen molar-refractivity contribution >= 4 is 50.4 Å². The Morgan fingerprint density at radius 1 is 0.486 bits per heavy atom. The Kier molecular flexibility index (Phi) is 8.47. The normalized spacial score (nSPS) is 27.1. The first-order valence-corrected chi connectivity index (χ1v) is 27.3. The van der Waals surface area contributed by atoms with E-state index in [4.69, 9.17) is 0 Å². The molecule has 0 fully saturated rings. The summed E-state index contributed by atoms with van der Waals surface area (Å²) in [5.41, 5.74) is 27.5. The van der Waals surface area contributed by atoms with Crippen LogP contribution < -0.4 is 10.4 Å². The van der Waals surface area contributed by atoms with Gasteiger partial charge in [-0.25, -0.2) is 0 Å². The standard InChI is InChI=1S/C72H56/c1-5-21-55-41(13-1)29-45-17-9-25-59(67(45)55)49-33-53-34-50(60-26-10-18-46-30-42-14-2-6-22-56(42)68(46)60)39-65-66-40-52(62-28-12-20-48-32-44-16-4-8-24-58(44)70(48)62)36-54-35-51(38-64(72(54)66)63(37-49)71(53)65)61-27-11-19-47-31-43-15-3-7-23-57(43)69(47)61/h1-17,20-28,33-38,46-47,50,52,59,62,67,70H,18-19,29-32,39-40H2. The van der Waals surface area contributed by atoms with Crippen molar-refractivity contribution in [3.63, 3.8) is 0 Å². The minimum atomic E-state index is 0.270. The van der Waals surface area contributed by atoms with Gasteiger partial charge in [-0.2, -0.15) is 0 Å². The third kappa shape index (κ3) is 5.70. The van der Waals surface area contributed by atoms with Crippen molar-refractivity contribution in [3.8, 4) is 0 Å². The summed E-state index contributed by atoms with van der Waals surface area (Å²) in [7, 11) is 0. The molecule has 8 atom stereocenters. The number of rotatable bonds is 4. The van der Waals surface area contributed by atoms with Gasteiger partial charge in [-0.15, -0.1) is 0 Å². The van der Waals surface area contributed by atoms with Gasteiger partial charge in [0, 0.05) is 23.7 Å². The van der Waals surface area contributed by atoms with E-state index in [0.717, 1.165) is 51.4 Å². The van der Waals surface area contributed by atoms with Gasteiger partial charge in [-0.1, -0.05) is 187 Å². The molecule has 72 heavy (non-hydrogen) atoms. The molecule has 8 unspecified atom stereocenters. The van der Waals surface area contributed by atoms with E-state index in [-0.39, 0.29) is 5.92 Å². The maximum Gasteiger partial charge on any atom is 0.0161 e. The lowest BCUT2D eigenvalue weighted by atomic mass is 9.68. The van der Waals surface area contributed by atoms with Crippen LogP contribution in [0.25, 0.3) is 50.4 Å². The summed E-state index contributed by atoms with van der Waals surface area (Å²) in [4.78, 5) is 0. The summed E-state index contributed by atoms with van der Waals surface area (Å²) >= 11 is 0. The molecule has 0 N–H and O–H groups in total. The molecule has 0 saturated carbocycles. The van der Waals surface area contributed by atoms with Crippen LogP contribution in [0.2, 0.25) is 0 Å². The van der Waals surface area contributed by atoms with Gasteiger partial charge in [0.2, 0.25) is 0 Å². The Hall–Kier alpha value is -7.28. The highest BCUT2D eigenvalue weighted by Crippen LogP contribution is 2.54. The van der Waals surface area contributed by atoms with E-state index >= 15 is 0 Å². The van der Waals surface area contributed by atoms with Crippen molar-refractivity contribution < 1.29 is 0 Å². The monoisotopic (exact) mass is 920 g/mol. The molecule has 7 aromatic rings. The van der Waals surface area contributed by atoms with Crippen LogP contribution in [0, 0.1) is 29.6 Å². The fraction of sp³-hybridized carbons (Fsp3) is 0.222. The number of fused-ring (bicyclic) bond motifs is 14. The molecule has 0 radical (unpaired) electrons. The quantitative estimate of drug-likeness (QED) is 0.154. The zero-order valence-electron chi connectivity index (χ0n) is 40.8. The lowest BCUT2D eigenvalue weighted by Gasteiger charge is -2.36. The van der Waals surface area contributed by atoms with E-state index in [2.05, 4.69) is 194 Å². The fourth-order valence-corrected chi connectivity index (χ4v) is 16.8. The lowest BCUT2D eigenvalue weighted by Crippen LogP contribution is -2.30. The van der Waals surface area contributed by atoms with Crippen LogP contribution in [0.1, 0.15) is 97.4 Å². The zero-order valence-corrected chi connectivity index (χ0v) is 40.8. The van der Waals surface area contributed by atoms with Crippen molar-refractivity contribution in [2.24, 2.45) is 29.6 Å². The van der Waals surface area contributed by atoms with E-state index in [1.807, 2.05) is 0 Å². The van der Waals surface area contributed by atoms with Gasteiger partial charge in [-0.05, 0) is 214 Å². The molecule has 0 bridgehead atoms. The van der Waals surface area contributed by atoms with Crippen molar-refractivity contribution in [1.82, 2.24) is 0 Å². The van der Waals surface area contributed by atoms with Crippen molar-refractivity contribution in [3.05, 3.63) is 276 Å². The minimum Gasteiger partial charge on any atom is -0.0836 e. The van der Waals surface area contributed by atoms with E-state index in [9.17, 15) is 0 Å². The predicted octanol–water partition coefficient (Wildman–Crippen LogP) is 14.9. The maximum atomic E-state index is 2.77. The molecule has 0 heteroatoms. The Bertz CT molecular complexity index is 4030. The van der Waals surface area contributed by atoms with Crippen LogP contribution in [-0.2, 0) is 38.5 Å². The first kappa shape index (κ1) is 40.3. The summed E-state index contributed by atoms with van der Waals surface area (Å²) in [6, 6.07) is 48.0. The van der Waals surface area contributed by atoms with Crippen LogP contribution >= 0.6 is 0 Å². The van der Waals surface area contributed by atoms with E-state index in [1.54, 1.807) is 44.6 Å². The minimum absolute atomic E-state index is 0.270. The van der Waals surface area contributed by atoms with Gasteiger partial charge in [0.25, 0.3) is 0 Å². The summed E-state index contributed by atoms with van der Waals surface area (Å²) < 4.78 is 0. The van der Waals surface area contributed by atoms with Crippen molar-refractivity contribution in [2.45, 2.75) is 69.1 Å². The van der Waals surface area contributed by atoms with Crippen LogP contribution in [0.15, 0.2) is 199 Å². The number of hydrogen-bond acceptors (Lipinski definition) is 0. The number of benzene rings is 7. The van der Waals surface area contributed by atoms with E-state index in [1.165, 1.54) is 87.6 Å². The molecule has 344 valence electrons. The zero-order chi connectivity index (χ0) is 46.8. The van der Waals surface area contributed by atoms with Gasteiger partial charge in [0.05, 0.1) is 0 Å². The second-order valence-electron chi connectivity index (χ2n) is 23.1. The highest BCUT2D eigenvalue weighted by atomic mass is 14.4. The van der Waals surface area contributed by atoms with Gasteiger partial charge in [-0.3, -0.25) is 0 Å². The van der Waals surface area contributed by atoms with Gasteiger partial charge >= 0.3 is 0 Å². The molecule has 10 aliphatic carbocycles. The van der Waals surface area contributed by atoms with E-state index in [0.29, 0.717) is 41.4 Å². The molecule has 0 amide bonds. The predicted molar refractivity (Wildman–Crippen MR) is 299 cm³/mol. The van der Waals surface area contributed by atoms with Crippen LogP contribution in [0.5, 0.6) is 0 Å². The van der Waals surface area contributed by atoms with Crippen LogP contribution in [0.4, 0.5) is 0 Å². The molecule has 0 nitrogen and oxygen atoms in total. The maximum absolute atomic E-state index is 2.77. The Labute approximate surface area is 422 Å². The molecular formula is C72H56. The number of hydrogen-bond donors (Lipinski definition) is 0. The molecule has 0 spiro atoms. The molecule has 0 heterocycles. The summed E-state index contributed by atoms with van der Waals surface area (Å²) in [6.07, 6.45) is 39.1. The molecule has 0 aromatic heterocycles. The number of allylic oxidation sites excluding steroid dienone is 16. The topological polar surface area (TPSA) is 0 Å². The molecule has 17 rings (SSSR count).